The van der Waals surface area contributed by atoms with E-state index in [4.69, 9.17) is 9.47 Å². The fraction of sp³-hybridized carbons (Fsp3) is 0.276. The molecule has 3 unspecified atom stereocenters. The average Bonchev–Trinajstić information content (AvgIpc) is 3.30. The molecule has 2 aliphatic rings. The van der Waals surface area contributed by atoms with Crippen molar-refractivity contribution in [2.45, 2.75) is 37.5 Å². The number of benzene rings is 3. The second kappa shape index (κ2) is 10.8. The van der Waals surface area contributed by atoms with Crippen molar-refractivity contribution in [3.8, 4) is 17.2 Å². The normalized spacial score (nSPS) is 19.7. The summed E-state index contributed by atoms with van der Waals surface area (Å²) in [4.78, 5) is 41.2. The molecule has 2 fully saturated rings. The molecule has 8 heteroatoms. The lowest BCUT2D eigenvalue weighted by Crippen LogP contribution is -2.58. The van der Waals surface area contributed by atoms with Crippen molar-refractivity contribution in [3.63, 3.8) is 0 Å². The molecule has 2 amide bonds. The Morgan fingerprint density at radius 1 is 1.03 bits per heavy atom. The van der Waals surface area contributed by atoms with Crippen LogP contribution in [0.5, 0.6) is 17.2 Å². The molecule has 0 aliphatic carbocycles. The highest BCUT2D eigenvalue weighted by Gasteiger charge is 2.45. The average molecular weight is 501 g/mol. The highest BCUT2D eigenvalue weighted by atomic mass is 16.5. The number of amides is 2. The van der Waals surface area contributed by atoms with Crippen molar-refractivity contribution >= 4 is 17.6 Å². The van der Waals surface area contributed by atoms with Crippen LogP contribution in [0.3, 0.4) is 0 Å². The van der Waals surface area contributed by atoms with Gasteiger partial charge in [0.05, 0.1) is 6.10 Å². The first-order chi connectivity index (χ1) is 18.0. The van der Waals surface area contributed by atoms with E-state index in [9.17, 15) is 19.5 Å². The summed E-state index contributed by atoms with van der Waals surface area (Å²) in [6.45, 7) is 0.430. The number of rotatable bonds is 7. The van der Waals surface area contributed by atoms with Crippen LogP contribution >= 0.6 is 0 Å². The van der Waals surface area contributed by atoms with Crippen molar-refractivity contribution < 1.29 is 29.0 Å². The lowest BCUT2D eigenvalue weighted by molar-refractivity contribution is -0.142. The third kappa shape index (κ3) is 5.65. The van der Waals surface area contributed by atoms with Gasteiger partial charge in [0.25, 0.3) is 5.91 Å². The van der Waals surface area contributed by atoms with Crippen LogP contribution in [0, 0.1) is 0 Å². The number of nitrogens with zero attached hydrogens (tertiary/aromatic N) is 1. The van der Waals surface area contributed by atoms with Crippen LogP contribution in [0.1, 0.15) is 28.8 Å². The maximum atomic E-state index is 13.8. The largest absolute Gasteiger partial charge is 0.508 e. The molecule has 0 radical (unpaired) electrons. The van der Waals surface area contributed by atoms with E-state index in [0.717, 1.165) is 18.4 Å². The second-order valence-corrected chi connectivity index (χ2v) is 9.27. The van der Waals surface area contributed by atoms with Crippen molar-refractivity contribution in [3.05, 3.63) is 90.0 Å². The van der Waals surface area contributed by atoms with Gasteiger partial charge in [-0.3, -0.25) is 14.4 Å². The van der Waals surface area contributed by atoms with Gasteiger partial charge in [-0.1, -0.05) is 36.4 Å². The van der Waals surface area contributed by atoms with Crippen LogP contribution in [0.15, 0.2) is 78.9 Å². The fourth-order valence-electron chi connectivity index (χ4n) is 4.87. The predicted molar refractivity (Wildman–Crippen MR) is 136 cm³/mol. The molecule has 3 aromatic rings. The van der Waals surface area contributed by atoms with E-state index in [1.165, 1.54) is 12.1 Å². The number of phenolic OH excluding ortho intramolecular Hbond substituents is 1. The number of piperidine rings is 1. The number of Topliss-reactive ketones (excluding diaryl/α,β-unsaturated/α-hetero) is 1. The summed E-state index contributed by atoms with van der Waals surface area (Å²) in [5.74, 6) is 0.373. The van der Waals surface area contributed by atoms with E-state index in [1.54, 1.807) is 41.3 Å². The monoisotopic (exact) mass is 500 g/mol. The van der Waals surface area contributed by atoms with Gasteiger partial charge in [-0.2, -0.15) is 0 Å². The smallest absolute Gasteiger partial charge is 0.252 e. The van der Waals surface area contributed by atoms with Gasteiger partial charge >= 0.3 is 0 Å². The summed E-state index contributed by atoms with van der Waals surface area (Å²) in [5.41, 5.74) is 1.11. The van der Waals surface area contributed by atoms with Gasteiger partial charge in [0.15, 0.2) is 5.78 Å². The van der Waals surface area contributed by atoms with Crippen molar-refractivity contribution in [1.29, 1.82) is 0 Å². The Labute approximate surface area is 214 Å². The first kappa shape index (κ1) is 24.5. The number of ketones is 1. The summed E-state index contributed by atoms with van der Waals surface area (Å²) in [6, 6.07) is 20.9. The van der Waals surface area contributed by atoms with Crippen LogP contribution in [0.4, 0.5) is 0 Å². The minimum Gasteiger partial charge on any atom is -0.508 e. The van der Waals surface area contributed by atoms with E-state index in [-0.39, 0.29) is 36.6 Å². The molecule has 8 nitrogen and oxygen atoms in total. The molecule has 0 bridgehead atoms. The lowest BCUT2D eigenvalue weighted by Gasteiger charge is -2.37. The number of phenols is 1. The number of aromatic hydroxyl groups is 1. The van der Waals surface area contributed by atoms with Crippen molar-refractivity contribution in [2.24, 2.45) is 0 Å². The Balaban J connectivity index is 1.37. The Kier molecular flexibility index (Phi) is 7.18. The minimum absolute atomic E-state index is 0.00229. The highest BCUT2D eigenvalue weighted by molar-refractivity contribution is 5.99. The summed E-state index contributed by atoms with van der Waals surface area (Å²) < 4.78 is 11.5. The zero-order valence-electron chi connectivity index (χ0n) is 20.2. The van der Waals surface area contributed by atoms with Crippen LogP contribution in [-0.2, 0) is 20.7 Å². The lowest BCUT2D eigenvalue weighted by atomic mass is 9.95. The van der Waals surface area contributed by atoms with E-state index >= 15 is 0 Å². The number of carbonyl (C=O) groups is 3. The topological polar surface area (TPSA) is 105 Å². The second-order valence-electron chi connectivity index (χ2n) is 9.27. The number of hydrogen-bond donors (Lipinski definition) is 2. The van der Waals surface area contributed by atoms with E-state index in [0.29, 0.717) is 23.6 Å². The Morgan fingerprint density at radius 3 is 2.57 bits per heavy atom. The summed E-state index contributed by atoms with van der Waals surface area (Å²) in [6.07, 6.45) is 1.35. The van der Waals surface area contributed by atoms with Crippen LogP contribution < -0.4 is 10.1 Å². The molecule has 2 aliphatic heterocycles. The molecule has 2 saturated heterocycles. The predicted octanol–water partition coefficient (Wildman–Crippen LogP) is 3.48. The van der Waals surface area contributed by atoms with E-state index < -0.39 is 18.0 Å². The van der Waals surface area contributed by atoms with Gasteiger partial charge in [-0.25, -0.2) is 0 Å². The minimum atomic E-state index is -0.914. The first-order valence-corrected chi connectivity index (χ1v) is 12.3. The number of nitrogens with one attached hydrogen (secondary N) is 1. The molecule has 5 rings (SSSR count). The summed E-state index contributed by atoms with van der Waals surface area (Å²) in [7, 11) is 0. The number of para-hydroxylation sites is 1. The van der Waals surface area contributed by atoms with Crippen molar-refractivity contribution in [2.75, 3.05) is 13.2 Å². The Hall–Kier alpha value is -4.17. The van der Waals surface area contributed by atoms with Gasteiger partial charge in [0, 0.05) is 18.5 Å². The SMILES string of the molecule is O=C(NC(Cc1ccc(O)cc1)C(=O)N1CCCC2OCC(=O)C21)c1cccc(Oc2ccccc2)c1. The quantitative estimate of drug-likeness (QED) is 0.515. The van der Waals surface area contributed by atoms with E-state index in [2.05, 4.69) is 5.32 Å². The Morgan fingerprint density at radius 2 is 1.78 bits per heavy atom. The number of ether oxygens (including phenoxy) is 2. The van der Waals surface area contributed by atoms with Crippen LogP contribution in [0.2, 0.25) is 0 Å². The highest BCUT2D eigenvalue weighted by Crippen LogP contribution is 2.28. The first-order valence-electron chi connectivity index (χ1n) is 12.3. The van der Waals surface area contributed by atoms with Gasteiger partial charge < -0.3 is 24.8 Å². The molecule has 190 valence electrons. The molecule has 3 aromatic carbocycles. The van der Waals surface area contributed by atoms with Gasteiger partial charge in [-0.15, -0.1) is 0 Å². The number of hydrogen-bond acceptors (Lipinski definition) is 6. The molecule has 2 heterocycles. The van der Waals surface area contributed by atoms with Gasteiger partial charge in [0.2, 0.25) is 5.91 Å². The summed E-state index contributed by atoms with van der Waals surface area (Å²) >= 11 is 0. The maximum Gasteiger partial charge on any atom is 0.252 e. The molecule has 0 saturated carbocycles. The molecule has 37 heavy (non-hydrogen) atoms. The van der Waals surface area contributed by atoms with Crippen LogP contribution in [0.25, 0.3) is 0 Å². The van der Waals surface area contributed by atoms with E-state index in [1.807, 2.05) is 30.3 Å². The standard InChI is InChI=1S/C29H28N2O6/c32-21-13-11-19(12-14-21)16-24(29(35)31-15-5-10-26-27(31)25(33)18-36-26)30-28(34)20-6-4-9-23(17-20)37-22-7-2-1-3-8-22/h1-4,6-9,11-14,17,24,26-27,32H,5,10,15-16,18H2,(H,30,34). The van der Waals surface area contributed by atoms with Crippen molar-refractivity contribution in [1.82, 2.24) is 10.2 Å². The number of carbonyl (C=O) groups excluding carboxylic acids is 3. The Bertz CT molecular complexity index is 1280. The zero-order valence-corrected chi connectivity index (χ0v) is 20.2. The zero-order chi connectivity index (χ0) is 25.8. The third-order valence-electron chi connectivity index (χ3n) is 6.68. The van der Waals surface area contributed by atoms with Gasteiger partial charge in [-0.05, 0) is 60.9 Å². The third-order valence-corrected chi connectivity index (χ3v) is 6.68. The molecular formula is C29H28N2O6. The summed E-state index contributed by atoms with van der Waals surface area (Å²) in [5, 5.41) is 12.5. The molecule has 2 N–H and O–H groups in total. The maximum absolute atomic E-state index is 13.8. The van der Waals surface area contributed by atoms with Crippen LogP contribution in [-0.4, -0.2) is 58.9 Å². The van der Waals surface area contributed by atoms with Gasteiger partial charge in [0.1, 0.15) is 35.9 Å². The molecule has 0 spiro atoms. The number of likely N-dealkylation sites (tertiary alicyclic amines) is 1. The molecule has 3 atom stereocenters. The number of fused-ring (bicyclic) bond motifs is 1. The fourth-order valence-corrected chi connectivity index (χ4v) is 4.87. The molecular weight excluding hydrogens is 472 g/mol. The molecule has 0 aromatic heterocycles.